The number of anilines is 4. The molecule has 0 aliphatic carbocycles. The number of nitrogens with one attached hydrogen (secondary N) is 1. The number of benzene rings is 1. The summed E-state index contributed by atoms with van der Waals surface area (Å²) >= 11 is 0. The summed E-state index contributed by atoms with van der Waals surface area (Å²) in [5.74, 6) is 1.20. The smallest absolute Gasteiger partial charge is 0.236 e. The SMILES string of the molecule is CCN(c1cccc(F)c1)c1nc(NC)nc(N(C)C)n1. The van der Waals surface area contributed by atoms with Crippen molar-refractivity contribution in [1.82, 2.24) is 15.0 Å². The Hall–Kier alpha value is -2.44. The molecule has 1 N–H and O–H groups in total. The minimum atomic E-state index is -0.290. The van der Waals surface area contributed by atoms with Crippen LogP contribution >= 0.6 is 0 Å². The van der Waals surface area contributed by atoms with Crippen molar-refractivity contribution in [2.45, 2.75) is 6.92 Å². The van der Waals surface area contributed by atoms with Crippen molar-refractivity contribution in [2.24, 2.45) is 0 Å². The van der Waals surface area contributed by atoms with Gasteiger partial charge in [-0.15, -0.1) is 0 Å². The van der Waals surface area contributed by atoms with Crippen LogP contribution in [0.3, 0.4) is 0 Å². The van der Waals surface area contributed by atoms with Crippen molar-refractivity contribution in [1.29, 1.82) is 0 Å². The van der Waals surface area contributed by atoms with E-state index >= 15 is 0 Å². The molecule has 0 unspecified atom stereocenters. The van der Waals surface area contributed by atoms with E-state index in [9.17, 15) is 4.39 Å². The van der Waals surface area contributed by atoms with Gasteiger partial charge in [0.05, 0.1) is 0 Å². The van der Waals surface area contributed by atoms with E-state index in [0.717, 1.165) is 0 Å². The molecular formula is C14H19FN6. The van der Waals surface area contributed by atoms with Crippen molar-refractivity contribution < 1.29 is 4.39 Å². The highest BCUT2D eigenvalue weighted by Gasteiger charge is 2.15. The third kappa shape index (κ3) is 3.36. The number of hydrogen-bond donors (Lipinski definition) is 1. The maximum atomic E-state index is 13.4. The number of aromatic nitrogens is 3. The Morgan fingerprint density at radius 1 is 1.14 bits per heavy atom. The molecule has 0 radical (unpaired) electrons. The lowest BCUT2D eigenvalue weighted by atomic mass is 10.3. The van der Waals surface area contributed by atoms with Gasteiger partial charge in [-0.3, -0.25) is 0 Å². The normalized spacial score (nSPS) is 10.3. The molecule has 6 nitrogen and oxygen atoms in total. The number of hydrogen-bond acceptors (Lipinski definition) is 6. The second-order valence-corrected chi connectivity index (χ2v) is 4.63. The molecule has 1 aromatic heterocycles. The molecule has 0 saturated carbocycles. The molecule has 2 rings (SSSR count). The van der Waals surface area contributed by atoms with Gasteiger partial charge in [0.25, 0.3) is 0 Å². The zero-order valence-corrected chi connectivity index (χ0v) is 12.6. The molecule has 2 aromatic rings. The lowest BCUT2D eigenvalue weighted by molar-refractivity contribution is 0.627. The first-order valence-electron chi connectivity index (χ1n) is 6.69. The fraction of sp³-hybridized carbons (Fsp3) is 0.357. The van der Waals surface area contributed by atoms with Gasteiger partial charge in [-0.25, -0.2) is 4.39 Å². The molecule has 0 aliphatic rings. The molecule has 112 valence electrons. The fourth-order valence-electron chi connectivity index (χ4n) is 1.87. The van der Waals surface area contributed by atoms with E-state index in [1.54, 1.807) is 18.0 Å². The Morgan fingerprint density at radius 3 is 2.43 bits per heavy atom. The van der Waals surface area contributed by atoms with Gasteiger partial charge in [0.15, 0.2) is 0 Å². The van der Waals surface area contributed by atoms with Crippen LogP contribution in [0.5, 0.6) is 0 Å². The lowest BCUT2D eigenvalue weighted by Crippen LogP contribution is -2.22. The van der Waals surface area contributed by atoms with Crippen molar-refractivity contribution in [3.63, 3.8) is 0 Å². The molecule has 0 bridgehead atoms. The van der Waals surface area contributed by atoms with Crippen LogP contribution in [0.25, 0.3) is 0 Å². The third-order valence-electron chi connectivity index (χ3n) is 2.91. The first-order chi connectivity index (χ1) is 10.0. The van der Waals surface area contributed by atoms with Crippen molar-refractivity contribution in [2.75, 3.05) is 42.8 Å². The standard InChI is InChI=1S/C14H19FN6/c1-5-21(11-8-6-7-10(15)9-11)14-18-12(16-2)17-13(19-14)20(3)4/h6-9H,5H2,1-4H3,(H,16,17,18,19). The quantitative estimate of drug-likeness (QED) is 0.911. The molecule has 0 atom stereocenters. The average molecular weight is 290 g/mol. The predicted octanol–water partition coefficient (Wildman–Crippen LogP) is 2.28. The summed E-state index contributed by atoms with van der Waals surface area (Å²) < 4.78 is 13.4. The number of halogens is 1. The first-order valence-corrected chi connectivity index (χ1v) is 6.69. The van der Waals surface area contributed by atoms with Crippen LogP contribution in [0.15, 0.2) is 24.3 Å². The van der Waals surface area contributed by atoms with Gasteiger partial charge in [-0.05, 0) is 25.1 Å². The molecule has 0 fully saturated rings. The second kappa shape index (κ2) is 6.34. The summed E-state index contributed by atoms with van der Waals surface area (Å²) in [6, 6.07) is 6.36. The molecular weight excluding hydrogens is 271 g/mol. The van der Waals surface area contributed by atoms with E-state index < -0.39 is 0 Å². The van der Waals surface area contributed by atoms with Crippen molar-refractivity contribution in [3.8, 4) is 0 Å². The van der Waals surface area contributed by atoms with E-state index in [1.165, 1.54) is 12.1 Å². The summed E-state index contributed by atoms with van der Waals surface area (Å²) in [5, 5.41) is 2.91. The Balaban J connectivity index is 2.48. The summed E-state index contributed by atoms with van der Waals surface area (Å²) in [4.78, 5) is 16.7. The third-order valence-corrected chi connectivity index (χ3v) is 2.91. The Labute approximate surface area is 123 Å². The van der Waals surface area contributed by atoms with Crippen LogP contribution in [0, 0.1) is 5.82 Å². The maximum Gasteiger partial charge on any atom is 0.236 e. The van der Waals surface area contributed by atoms with Gasteiger partial charge >= 0.3 is 0 Å². The summed E-state index contributed by atoms with van der Waals surface area (Å²) in [6.07, 6.45) is 0. The van der Waals surface area contributed by atoms with Crippen LogP contribution in [0.1, 0.15) is 6.92 Å². The summed E-state index contributed by atoms with van der Waals surface area (Å²) in [6.45, 7) is 2.58. The first kappa shape index (κ1) is 15.0. The topological polar surface area (TPSA) is 57.2 Å². The summed E-state index contributed by atoms with van der Waals surface area (Å²) in [7, 11) is 5.46. The maximum absolute atomic E-state index is 13.4. The van der Waals surface area contributed by atoms with Crippen molar-refractivity contribution in [3.05, 3.63) is 30.1 Å². The predicted molar refractivity (Wildman–Crippen MR) is 82.8 cm³/mol. The second-order valence-electron chi connectivity index (χ2n) is 4.63. The van der Waals surface area contributed by atoms with E-state index in [1.807, 2.05) is 32.0 Å². The van der Waals surface area contributed by atoms with Gasteiger partial charge in [0.2, 0.25) is 17.8 Å². The lowest BCUT2D eigenvalue weighted by Gasteiger charge is -2.22. The monoisotopic (exact) mass is 290 g/mol. The molecule has 0 amide bonds. The molecule has 0 saturated heterocycles. The van der Waals surface area contributed by atoms with E-state index in [4.69, 9.17) is 0 Å². The highest BCUT2D eigenvalue weighted by molar-refractivity contribution is 5.59. The van der Waals surface area contributed by atoms with Gasteiger partial charge in [-0.2, -0.15) is 15.0 Å². The van der Waals surface area contributed by atoms with Gasteiger partial charge in [0.1, 0.15) is 5.82 Å². The van der Waals surface area contributed by atoms with Crippen molar-refractivity contribution >= 4 is 23.5 Å². The Morgan fingerprint density at radius 2 is 1.86 bits per heavy atom. The molecule has 0 aliphatic heterocycles. The van der Waals surface area contributed by atoms with Gasteiger partial charge < -0.3 is 15.1 Å². The molecule has 1 heterocycles. The zero-order valence-electron chi connectivity index (χ0n) is 12.6. The number of rotatable bonds is 5. The molecule has 1 aromatic carbocycles. The zero-order chi connectivity index (χ0) is 15.4. The van der Waals surface area contributed by atoms with E-state index in [0.29, 0.717) is 30.1 Å². The van der Waals surface area contributed by atoms with Crippen LogP contribution < -0.4 is 15.1 Å². The van der Waals surface area contributed by atoms with Gasteiger partial charge in [0, 0.05) is 33.4 Å². The van der Waals surface area contributed by atoms with Crippen LogP contribution in [-0.2, 0) is 0 Å². The van der Waals surface area contributed by atoms with Gasteiger partial charge in [-0.1, -0.05) is 6.07 Å². The fourth-order valence-corrected chi connectivity index (χ4v) is 1.87. The molecule has 21 heavy (non-hydrogen) atoms. The van der Waals surface area contributed by atoms with E-state index in [-0.39, 0.29) is 5.82 Å². The Bertz CT molecular complexity index is 616. The van der Waals surface area contributed by atoms with Crippen LogP contribution in [0.4, 0.5) is 27.9 Å². The Kier molecular flexibility index (Phi) is 4.52. The molecule has 0 spiro atoms. The largest absolute Gasteiger partial charge is 0.357 e. The molecule has 7 heteroatoms. The van der Waals surface area contributed by atoms with E-state index in [2.05, 4.69) is 20.3 Å². The van der Waals surface area contributed by atoms with Crippen LogP contribution in [0.2, 0.25) is 0 Å². The number of nitrogens with zero attached hydrogens (tertiary/aromatic N) is 5. The summed E-state index contributed by atoms with van der Waals surface area (Å²) in [5.41, 5.74) is 0.704. The minimum absolute atomic E-state index is 0.290. The van der Waals surface area contributed by atoms with Crippen LogP contribution in [-0.4, -0.2) is 42.6 Å². The minimum Gasteiger partial charge on any atom is -0.357 e. The highest BCUT2D eigenvalue weighted by Crippen LogP contribution is 2.24. The average Bonchev–Trinajstić information content (AvgIpc) is 2.47. The highest BCUT2D eigenvalue weighted by atomic mass is 19.1.